The molecule has 1 saturated heterocycles. The molecule has 1 aliphatic heterocycles. The minimum absolute atomic E-state index is 0.340. The molecule has 0 amide bonds. The van der Waals surface area contributed by atoms with Crippen LogP contribution in [-0.4, -0.2) is 26.8 Å². The lowest BCUT2D eigenvalue weighted by atomic mass is 10.1. The third-order valence-electron chi connectivity index (χ3n) is 4.68. The highest BCUT2D eigenvalue weighted by atomic mass is 32.1. The number of nitrogens with one attached hydrogen (secondary N) is 1. The maximum absolute atomic E-state index is 5.51. The van der Waals surface area contributed by atoms with Crippen LogP contribution in [0.4, 0.5) is 0 Å². The molecule has 3 aromatic rings. The fraction of sp³-hybridized carbons (Fsp3) is 0.444. The SMILES string of the molecule is CC(C)c1cc([C@H]2CCCN2Cc2cn[nH]c2-c2cccs2)no1. The molecular formula is C18H22N4OS. The maximum Gasteiger partial charge on any atom is 0.139 e. The summed E-state index contributed by atoms with van der Waals surface area (Å²) in [6.45, 7) is 6.24. The molecule has 4 rings (SSSR count). The van der Waals surface area contributed by atoms with Crippen LogP contribution in [0.1, 0.15) is 55.7 Å². The van der Waals surface area contributed by atoms with Crippen molar-refractivity contribution < 1.29 is 4.52 Å². The third kappa shape index (κ3) is 2.91. The van der Waals surface area contributed by atoms with Gasteiger partial charge in [-0.05, 0) is 30.8 Å². The van der Waals surface area contributed by atoms with Gasteiger partial charge in [-0.2, -0.15) is 5.10 Å². The molecule has 0 aliphatic carbocycles. The largest absolute Gasteiger partial charge is 0.361 e. The van der Waals surface area contributed by atoms with Crippen molar-refractivity contribution in [3.8, 4) is 10.6 Å². The Bertz CT molecular complexity index is 790. The average Bonchev–Trinajstić information content (AvgIpc) is 3.35. The molecule has 0 radical (unpaired) electrons. The van der Waals surface area contributed by atoms with E-state index in [0.29, 0.717) is 12.0 Å². The van der Waals surface area contributed by atoms with Gasteiger partial charge in [0.15, 0.2) is 0 Å². The van der Waals surface area contributed by atoms with Gasteiger partial charge in [0.2, 0.25) is 0 Å². The lowest BCUT2D eigenvalue weighted by molar-refractivity contribution is 0.236. The summed E-state index contributed by atoms with van der Waals surface area (Å²) < 4.78 is 5.51. The van der Waals surface area contributed by atoms with Crippen LogP contribution in [0.2, 0.25) is 0 Å². The van der Waals surface area contributed by atoms with E-state index in [9.17, 15) is 0 Å². The number of aromatic nitrogens is 3. The summed E-state index contributed by atoms with van der Waals surface area (Å²) in [7, 11) is 0. The lowest BCUT2D eigenvalue weighted by Crippen LogP contribution is -2.23. The van der Waals surface area contributed by atoms with Gasteiger partial charge in [-0.3, -0.25) is 10.00 Å². The van der Waals surface area contributed by atoms with Crippen LogP contribution in [-0.2, 0) is 6.54 Å². The van der Waals surface area contributed by atoms with Crippen molar-refractivity contribution in [2.75, 3.05) is 6.54 Å². The zero-order chi connectivity index (χ0) is 16.5. The second kappa shape index (κ2) is 6.53. The number of hydrogen-bond acceptors (Lipinski definition) is 5. The molecule has 6 heteroatoms. The normalized spacial score (nSPS) is 18.7. The van der Waals surface area contributed by atoms with Crippen molar-refractivity contribution in [3.63, 3.8) is 0 Å². The summed E-state index contributed by atoms with van der Waals surface area (Å²) in [4.78, 5) is 3.73. The molecule has 126 valence electrons. The molecule has 4 heterocycles. The van der Waals surface area contributed by atoms with E-state index >= 15 is 0 Å². The van der Waals surface area contributed by atoms with Crippen molar-refractivity contribution in [2.24, 2.45) is 0 Å². The summed E-state index contributed by atoms with van der Waals surface area (Å²) in [5, 5.41) is 13.9. The van der Waals surface area contributed by atoms with Crippen molar-refractivity contribution >= 4 is 11.3 Å². The molecular weight excluding hydrogens is 320 g/mol. The third-order valence-corrected chi connectivity index (χ3v) is 5.57. The Morgan fingerprint density at radius 2 is 2.38 bits per heavy atom. The molecule has 0 aromatic carbocycles. The van der Waals surface area contributed by atoms with Gasteiger partial charge >= 0.3 is 0 Å². The first-order valence-corrected chi connectivity index (χ1v) is 9.37. The molecule has 1 N–H and O–H groups in total. The zero-order valence-electron chi connectivity index (χ0n) is 14.0. The predicted octanol–water partition coefficient (Wildman–Crippen LogP) is 4.59. The first-order chi connectivity index (χ1) is 11.7. The highest BCUT2D eigenvalue weighted by molar-refractivity contribution is 7.13. The Balaban J connectivity index is 1.55. The van der Waals surface area contributed by atoms with Gasteiger partial charge in [0.25, 0.3) is 0 Å². The quantitative estimate of drug-likeness (QED) is 0.737. The van der Waals surface area contributed by atoms with Gasteiger partial charge in [-0.15, -0.1) is 11.3 Å². The van der Waals surface area contributed by atoms with Crippen molar-refractivity contribution in [2.45, 2.75) is 45.2 Å². The molecule has 5 nitrogen and oxygen atoms in total. The fourth-order valence-electron chi connectivity index (χ4n) is 3.37. The van der Waals surface area contributed by atoms with Crippen molar-refractivity contribution in [1.29, 1.82) is 0 Å². The van der Waals surface area contributed by atoms with Gasteiger partial charge in [0.1, 0.15) is 11.5 Å². The summed E-state index contributed by atoms with van der Waals surface area (Å²) in [5.74, 6) is 1.35. The van der Waals surface area contributed by atoms with Gasteiger partial charge in [-0.1, -0.05) is 25.1 Å². The highest BCUT2D eigenvalue weighted by Crippen LogP contribution is 2.35. The van der Waals surface area contributed by atoms with Gasteiger partial charge < -0.3 is 4.52 Å². The first-order valence-electron chi connectivity index (χ1n) is 8.49. The smallest absolute Gasteiger partial charge is 0.139 e. The van der Waals surface area contributed by atoms with Crippen LogP contribution >= 0.6 is 11.3 Å². The number of hydrogen-bond donors (Lipinski definition) is 1. The Labute approximate surface area is 145 Å². The Morgan fingerprint density at radius 1 is 1.46 bits per heavy atom. The average molecular weight is 342 g/mol. The summed E-state index contributed by atoms with van der Waals surface area (Å²) >= 11 is 1.74. The minimum atomic E-state index is 0.340. The predicted molar refractivity (Wildman–Crippen MR) is 94.9 cm³/mol. The Kier molecular flexibility index (Phi) is 4.24. The molecule has 24 heavy (non-hydrogen) atoms. The molecule has 1 aliphatic rings. The van der Waals surface area contributed by atoms with E-state index in [1.165, 1.54) is 16.9 Å². The molecule has 1 fully saturated rings. The van der Waals surface area contributed by atoms with E-state index < -0.39 is 0 Å². The highest BCUT2D eigenvalue weighted by Gasteiger charge is 2.30. The summed E-state index contributed by atoms with van der Waals surface area (Å²) in [6.07, 6.45) is 4.28. The molecule has 0 bridgehead atoms. The number of H-pyrrole nitrogens is 1. The van der Waals surface area contributed by atoms with E-state index in [4.69, 9.17) is 4.52 Å². The van der Waals surface area contributed by atoms with E-state index in [2.05, 4.69) is 57.7 Å². The van der Waals surface area contributed by atoms with E-state index in [-0.39, 0.29) is 0 Å². The number of likely N-dealkylation sites (tertiary alicyclic amines) is 1. The minimum Gasteiger partial charge on any atom is -0.361 e. The number of rotatable bonds is 5. The monoisotopic (exact) mass is 342 g/mol. The summed E-state index contributed by atoms with van der Waals surface area (Å²) in [5.41, 5.74) is 3.45. The van der Waals surface area contributed by atoms with Crippen LogP contribution < -0.4 is 0 Å². The second-order valence-corrected chi connectivity index (χ2v) is 7.63. The first kappa shape index (κ1) is 15.6. The maximum atomic E-state index is 5.51. The van der Waals surface area contributed by atoms with Crippen molar-refractivity contribution in [3.05, 3.63) is 46.8 Å². The number of aromatic amines is 1. The molecule has 0 saturated carbocycles. The number of thiophene rings is 1. The van der Waals surface area contributed by atoms with Crippen LogP contribution in [0.3, 0.4) is 0 Å². The molecule has 3 aromatic heterocycles. The second-order valence-electron chi connectivity index (χ2n) is 6.68. The summed E-state index contributed by atoms with van der Waals surface area (Å²) in [6, 6.07) is 6.68. The Hall–Kier alpha value is -1.92. The standard InChI is InChI=1S/C18H22N4OS/c1-12(2)16-9-14(21-23-16)15-5-3-7-22(15)11-13-10-19-20-18(13)17-6-4-8-24-17/h4,6,8-10,12,15H,3,5,7,11H2,1-2H3,(H,19,20)/t15-/m1/s1. The van der Waals surface area contributed by atoms with Gasteiger partial charge in [-0.25, -0.2) is 0 Å². The van der Waals surface area contributed by atoms with Crippen molar-refractivity contribution in [1.82, 2.24) is 20.3 Å². The van der Waals surface area contributed by atoms with Crippen LogP contribution in [0, 0.1) is 0 Å². The lowest BCUT2D eigenvalue weighted by Gasteiger charge is -2.22. The fourth-order valence-corrected chi connectivity index (χ4v) is 4.12. The van der Waals surface area contributed by atoms with Gasteiger partial charge in [0, 0.05) is 24.1 Å². The van der Waals surface area contributed by atoms with E-state index in [1.807, 2.05) is 6.20 Å². The van der Waals surface area contributed by atoms with Crippen LogP contribution in [0.15, 0.2) is 34.3 Å². The molecule has 0 spiro atoms. The zero-order valence-corrected chi connectivity index (χ0v) is 14.8. The van der Waals surface area contributed by atoms with Crippen LogP contribution in [0.5, 0.6) is 0 Å². The van der Waals surface area contributed by atoms with Gasteiger partial charge in [0.05, 0.1) is 22.8 Å². The van der Waals surface area contributed by atoms with E-state index in [0.717, 1.165) is 36.7 Å². The number of nitrogens with zero attached hydrogens (tertiary/aromatic N) is 3. The Morgan fingerprint density at radius 3 is 3.12 bits per heavy atom. The van der Waals surface area contributed by atoms with E-state index in [1.54, 1.807) is 11.3 Å². The topological polar surface area (TPSA) is 58.0 Å². The molecule has 0 unspecified atom stereocenters. The molecule has 1 atom stereocenters. The van der Waals surface area contributed by atoms with Crippen LogP contribution in [0.25, 0.3) is 10.6 Å².